The van der Waals surface area contributed by atoms with Crippen molar-refractivity contribution in [3.63, 3.8) is 0 Å². The number of hydrogen-bond acceptors (Lipinski definition) is 5. The average Bonchev–Trinajstić information content (AvgIpc) is 3.10. The molecule has 0 saturated carbocycles. The number of rotatable bonds is 5. The van der Waals surface area contributed by atoms with E-state index in [0.717, 1.165) is 36.4 Å². The zero-order valence-electron chi connectivity index (χ0n) is 16.2. The molecule has 6 nitrogen and oxygen atoms in total. The maximum absolute atomic E-state index is 12.9. The van der Waals surface area contributed by atoms with Gasteiger partial charge < -0.3 is 15.1 Å². The molecule has 1 aromatic carbocycles. The second-order valence-corrected chi connectivity index (χ2v) is 7.58. The van der Waals surface area contributed by atoms with Crippen molar-refractivity contribution in [3.05, 3.63) is 66.5 Å². The lowest BCUT2D eigenvalue weighted by atomic mass is 10.0. The van der Waals surface area contributed by atoms with Gasteiger partial charge in [0.05, 0.1) is 11.6 Å². The molecule has 1 aliphatic heterocycles. The third-order valence-corrected chi connectivity index (χ3v) is 5.16. The summed E-state index contributed by atoms with van der Waals surface area (Å²) in [7, 11) is 4.13. The SMILES string of the molecule is CN(C)C[C@@H]1CN(c2ccccn2)C[C@H]1NC(=O)c1ccc2ccccc2n1. The highest BCUT2D eigenvalue weighted by Gasteiger charge is 2.35. The van der Waals surface area contributed by atoms with Crippen molar-refractivity contribution in [3.8, 4) is 0 Å². The number of benzene rings is 1. The number of fused-ring (bicyclic) bond motifs is 1. The van der Waals surface area contributed by atoms with Crippen LogP contribution in [0.25, 0.3) is 10.9 Å². The van der Waals surface area contributed by atoms with Crippen molar-refractivity contribution in [2.75, 3.05) is 38.6 Å². The molecule has 0 radical (unpaired) electrons. The molecule has 144 valence electrons. The molecule has 0 aliphatic carbocycles. The van der Waals surface area contributed by atoms with Gasteiger partial charge in [0.15, 0.2) is 0 Å². The van der Waals surface area contributed by atoms with E-state index in [2.05, 4.69) is 39.2 Å². The fourth-order valence-electron chi connectivity index (χ4n) is 3.85. The van der Waals surface area contributed by atoms with E-state index in [4.69, 9.17) is 0 Å². The largest absolute Gasteiger partial charge is 0.354 e. The Balaban J connectivity index is 1.52. The number of anilines is 1. The molecule has 2 aromatic heterocycles. The summed E-state index contributed by atoms with van der Waals surface area (Å²) < 4.78 is 0. The van der Waals surface area contributed by atoms with E-state index in [-0.39, 0.29) is 11.9 Å². The maximum atomic E-state index is 12.9. The molecule has 4 rings (SSSR count). The lowest BCUT2D eigenvalue weighted by Gasteiger charge is -2.22. The van der Waals surface area contributed by atoms with E-state index in [1.807, 2.05) is 48.5 Å². The Morgan fingerprint density at radius 3 is 2.71 bits per heavy atom. The van der Waals surface area contributed by atoms with Gasteiger partial charge in [0.1, 0.15) is 11.5 Å². The van der Waals surface area contributed by atoms with E-state index in [1.165, 1.54) is 0 Å². The molecule has 3 aromatic rings. The zero-order chi connectivity index (χ0) is 19.5. The van der Waals surface area contributed by atoms with Crippen LogP contribution in [0.2, 0.25) is 0 Å². The molecule has 2 atom stereocenters. The highest BCUT2D eigenvalue weighted by Crippen LogP contribution is 2.23. The summed E-state index contributed by atoms with van der Waals surface area (Å²) >= 11 is 0. The number of carbonyl (C=O) groups is 1. The lowest BCUT2D eigenvalue weighted by Crippen LogP contribution is -2.43. The first kappa shape index (κ1) is 18.4. The summed E-state index contributed by atoms with van der Waals surface area (Å²) in [6.45, 7) is 2.51. The number of nitrogens with zero attached hydrogens (tertiary/aromatic N) is 4. The van der Waals surface area contributed by atoms with Gasteiger partial charge in [-0.2, -0.15) is 0 Å². The van der Waals surface area contributed by atoms with Gasteiger partial charge in [0.25, 0.3) is 5.91 Å². The predicted molar refractivity (Wildman–Crippen MR) is 111 cm³/mol. The molecule has 1 fully saturated rings. The van der Waals surface area contributed by atoms with Crippen molar-refractivity contribution < 1.29 is 4.79 Å². The number of pyridine rings is 2. The minimum absolute atomic E-state index is 0.0465. The van der Waals surface area contributed by atoms with Gasteiger partial charge in [-0.1, -0.05) is 30.3 Å². The minimum atomic E-state index is -0.123. The predicted octanol–water partition coefficient (Wildman–Crippen LogP) is 2.43. The summed E-state index contributed by atoms with van der Waals surface area (Å²) in [6.07, 6.45) is 1.81. The zero-order valence-corrected chi connectivity index (χ0v) is 16.2. The molecule has 28 heavy (non-hydrogen) atoms. The number of para-hydroxylation sites is 1. The van der Waals surface area contributed by atoms with Gasteiger partial charge >= 0.3 is 0 Å². The summed E-state index contributed by atoms with van der Waals surface area (Å²) in [5.41, 5.74) is 1.29. The first-order valence-corrected chi connectivity index (χ1v) is 9.57. The quantitative estimate of drug-likeness (QED) is 0.742. The van der Waals surface area contributed by atoms with Gasteiger partial charge in [-0.15, -0.1) is 0 Å². The number of nitrogens with one attached hydrogen (secondary N) is 1. The van der Waals surface area contributed by atoms with Gasteiger partial charge in [-0.25, -0.2) is 9.97 Å². The highest BCUT2D eigenvalue weighted by molar-refractivity contribution is 5.95. The van der Waals surface area contributed by atoms with Crippen LogP contribution < -0.4 is 10.2 Å². The van der Waals surface area contributed by atoms with Crippen molar-refractivity contribution >= 4 is 22.6 Å². The van der Waals surface area contributed by atoms with Crippen LogP contribution in [0.1, 0.15) is 10.5 Å². The molecular formula is C22H25N5O. The molecule has 0 spiro atoms. The van der Waals surface area contributed by atoms with Crippen molar-refractivity contribution in [2.24, 2.45) is 5.92 Å². The van der Waals surface area contributed by atoms with Crippen molar-refractivity contribution in [2.45, 2.75) is 6.04 Å². The summed E-state index contributed by atoms with van der Waals surface area (Å²) in [5, 5.41) is 4.25. The number of amides is 1. The molecule has 0 unspecified atom stereocenters. The standard InChI is InChI=1S/C22H25N5O/c1-26(2)13-17-14-27(21-9-5-6-12-23-21)15-20(17)25-22(28)19-11-10-16-7-3-4-8-18(16)24-19/h3-12,17,20H,13-15H2,1-2H3,(H,25,28)/t17-,20-/m1/s1. The second-order valence-electron chi connectivity index (χ2n) is 7.58. The molecule has 1 saturated heterocycles. The topological polar surface area (TPSA) is 61.4 Å². The van der Waals surface area contributed by atoms with Crippen LogP contribution in [0, 0.1) is 5.92 Å². The van der Waals surface area contributed by atoms with Crippen LogP contribution in [0.15, 0.2) is 60.8 Å². The van der Waals surface area contributed by atoms with Crippen LogP contribution in [0.4, 0.5) is 5.82 Å². The monoisotopic (exact) mass is 375 g/mol. The average molecular weight is 375 g/mol. The third-order valence-electron chi connectivity index (χ3n) is 5.16. The summed E-state index contributed by atoms with van der Waals surface area (Å²) in [6, 6.07) is 17.6. The number of aromatic nitrogens is 2. The molecule has 3 heterocycles. The molecular weight excluding hydrogens is 350 g/mol. The molecule has 1 amide bonds. The first-order valence-electron chi connectivity index (χ1n) is 9.57. The van der Waals surface area contributed by atoms with Gasteiger partial charge in [-0.3, -0.25) is 4.79 Å². The van der Waals surface area contributed by atoms with Crippen molar-refractivity contribution in [1.82, 2.24) is 20.2 Å². The molecule has 1 N–H and O–H groups in total. The Labute approximate surface area is 165 Å². The van der Waals surface area contributed by atoms with Crippen LogP contribution >= 0.6 is 0 Å². The summed E-state index contributed by atoms with van der Waals surface area (Å²) in [4.78, 5) is 26.3. The van der Waals surface area contributed by atoms with E-state index in [1.54, 1.807) is 12.3 Å². The van der Waals surface area contributed by atoms with Gasteiger partial charge in [-0.05, 0) is 38.4 Å². The van der Waals surface area contributed by atoms with Crippen LogP contribution in [-0.4, -0.2) is 60.5 Å². The van der Waals surface area contributed by atoms with Crippen LogP contribution in [-0.2, 0) is 0 Å². The minimum Gasteiger partial charge on any atom is -0.354 e. The fourth-order valence-corrected chi connectivity index (χ4v) is 3.85. The Morgan fingerprint density at radius 2 is 1.93 bits per heavy atom. The Kier molecular flexibility index (Phi) is 5.21. The Hall–Kier alpha value is -2.99. The van der Waals surface area contributed by atoms with Crippen LogP contribution in [0.5, 0.6) is 0 Å². The molecule has 0 bridgehead atoms. The third kappa shape index (κ3) is 3.97. The Bertz CT molecular complexity index is 959. The Morgan fingerprint density at radius 1 is 1.11 bits per heavy atom. The number of carbonyl (C=O) groups excluding carboxylic acids is 1. The van der Waals surface area contributed by atoms with E-state index >= 15 is 0 Å². The van der Waals surface area contributed by atoms with Crippen molar-refractivity contribution in [1.29, 1.82) is 0 Å². The van der Waals surface area contributed by atoms with Gasteiger partial charge in [0, 0.05) is 37.1 Å². The first-order chi connectivity index (χ1) is 13.6. The number of hydrogen-bond donors (Lipinski definition) is 1. The highest BCUT2D eigenvalue weighted by atomic mass is 16.2. The molecule has 6 heteroatoms. The lowest BCUT2D eigenvalue weighted by molar-refractivity contribution is 0.0923. The normalized spacial score (nSPS) is 19.3. The van der Waals surface area contributed by atoms with Crippen LogP contribution in [0.3, 0.4) is 0 Å². The van der Waals surface area contributed by atoms with E-state index in [0.29, 0.717) is 11.6 Å². The molecule has 1 aliphatic rings. The van der Waals surface area contributed by atoms with E-state index in [9.17, 15) is 4.79 Å². The smallest absolute Gasteiger partial charge is 0.270 e. The van der Waals surface area contributed by atoms with E-state index < -0.39 is 0 Å². The van der Waals surface area contributed by atoms with Gasteiger partial charge in [0.2, 0.25) is 0 Å². The fraction of sp³-hybridized carbons (Fsp3) is 0.318. The summed E-state index contributed by atoms with van der Waals surface area (Å²) in [5.74, 6) is 1.15. The maximum Gasteiger partial charge on any atom is 0.270 e. The second kappa shape index (κ2) is 7.94.